The fraction of sp³-hybridized carbons (Fsp3) is 0.364. The summed E-state index contributed by atoms with van der Waals surface area (Å²) in [5.41, 5.74) is 4.95. The molecule has 0 unspecified atom stereocenters. The van der Waals surface area contributed by atoms with E-state index >= 15 is 0 Å². The second-order valence-electron chi connectivity index (χ2n) is 3.42. The Morgan fingerprint density at radius 3 is 2.61 bits per heavy atom. The topological polar surface area (TPSA) is 64.3 Å². The van der Waals surface area contributed by atoms with Gasteiger partial charge in [-0.1, -0.05) is 0 Å². The standard InChI is InChI=1S/C11H13F3N2O2/c1-2-18-10(17)16-9-4-3-8(11(12,13)14)5-7(9)6-15/h3-5H,2,6,15H2,1H3,(H,16,17). The van der Waals surface area contributed by atoms with Crippen molar-refractivity contribution in [2.24, 2.45) is 5.73 Å². The smallest absolute Gasteiger partial charge is 0.416 e. The molecule has 0 radical (unpaired) electrons. The average molecular weight is 262 g/mol. The van der Waals surface area contributed by atoms with Gasteiger partial charge < -0.3 is 10.5 Å². The number of amides is 1. The van der Waals surface area contributed by atoms with E-state index in [0.717, 1.165) is 18.2 Å². The molecule has 0 aliphatic heterocycles. The first-order chi connectivity index (χ1) is 8.38. The monoisotopic (exact) mass is 262 g/mol. The van der Waals surface area contributed by atoms with Gasteiger partial charge in [-0.15, -0.1) is 0 Å². The Balaban J connectivity index is 2.97. The lowest BCUT2D eigenvalue weighted by molar-refractivity contribution is -0.137. The van der Waals surface area contributed by atoms with Crippen LogP contribution >= 0.6 is 0 Å². The molecular formula is C11H13F3N2O2. The van der Waals surface area contributed by atoms with Gasteiger partial charge in [0.1, 0.15) is 0 Å². The summed E-state index contributed by atoms with van der Waals surface area (Å²) in [4.78, 5) is 11.2. The number of rotatable bonds is 3. The number of anilines is 1. The Hall–Kier alpha value is -1.76. The lowest BCUT2D eigenvalue weighted by atomic mass is 10.1. The molecule has 1 amide bonds. The number of halogens is 3. The van der Waals surface area contributed by atoms with E-state index in [4.69, 9.17) is 5.73 Å². The highest BCUT2D eigenvalue weighted by Crippen LogP contribution is 2.31. The van der Waals surface area contributed by atoms with Gasteiger partial charge in [0.05, 0.1) is 12.2 Å². The summed E-state index contributed by atoms with van der Waals surface area (Å²) in [7, 11) is 0. The first kappa shape index (κ1) is 14.3. The highest BCUT2D eigenvalue weighted by atomic mass is 19.4. The molecule has 0 saturated heterocycles. The zero-order valence-corrected chi connectivity index (χ0v) is 9.67. The first-order valence-corrected chi connectivity index (χ1v) is 5.22. The maximum absolute atomic E-state index is 12.5. The predicted octanol–water partition coefficient (Wildman–Crippen LogP) is 2.73. The van der Waals surface area contributed by atoms with Crippen molar-refractivity contribution < 1.29 is 22.7 Å². The van der Waals surface area contributed by atoms with Gasteiger partial charge in [0, 0.05) is 12.2 Å². The number of ether oxygens (including phenoxy) is 1. The van der Waals surface area contributed by atoms with Crippen molar-refractivity contribution in [3.63, 3.8) is 0 Å². The van der Waals surface area contributed by atoms with Crippen LogP contribution in [0.25, 0.3) is 0 Å². The minimum Gasteiger partial charge on any atom is -0.450 e. The summed E-state index contributed by atoms with van der Waals surface area (Å²) in [6.07, 6.45) is -5.17. The minimum absolute atomic E-state index is 0.119. The summed E-state index contributed by atoms with van der Waals surface area (Å²) < 4.78 is 42.0. The van der Waals surface area contributed by atoms with Gasteiger partial charge in [0.2, 0.25) is 0 Å². The Kier molecular flexibility index (Phi) is 4.55. The Labute approximate surface area is 102 Å². The molecule has 1 aromatic rings. The molecule has 0 aromatic heterocycles. The third kappa shape index (κ3) is 3.63. The van der Waals surface area contributed by atoms with Crippen molar-refractivity contribution >= 4 is 11.8 Å². The Morgan fingerprint density at radius 2 is 2.11 bits per heavy atom. The van der Waals surface area contributed by atoms with Gasteiger partial charge in [-0.3, -0.25) is 5.32 Å². The summed E-state index contributed by atoms with van der Waals surface area (Å²) in [6, 6.07) is 2.93. The van der Waals surface area contributed by atoms with Gasteiger partial charge in [-0.25, -0.2) is 4.79 Å². The third-order valence-electron chi connectivity index (χ3n) is 2.16. The lowest BCUT2D eigenvalue weighted by Crippen LogP contribution is -2.16. The van der Waals surface area contributed by atoms with Crippen LogP contribution in [-0.2, 0) is 17.5 Å². The molecule has 0 heterocycles. The molecule has 18 heavy (non-hydrogen) atoms. The highest BCUT2D eigenvalue weighted by Gasteiger charge is 2.30. The number of nitrogens with one attached hydrogen (secondary N) is 1. The lowest BCUT2D eigenvalue weighted by Gasteiger charge is -2.13. The number of carbonyl (C=O) groups is 1. The van der Waals surface area contributed by atoms with E-state index in [0.29, 0.717) is 0 Å². The quantitative estimate of drug-likeness (QED) is 0.880. The molecule has 0 fully saturated rings. The van der Waals surface area contributed by atoms with Crippen molar-refractivity contribution in [2.45, 2.75) is 19.6 Å². The van der Waals surface area contributed by atoms with E-state index in [2.05, 4.69) is 10.1 Å². The normalized spacial score (nSPS) is 11.2. The second kappa shape index (κ2) is 5.72. The van der Waals surface area contributed by atoms with Crippen LogP contribution in [0.1, 0.15) is 18.1 Å². The average Bonchev–Trinajstić information content (AvgIpc) is 2.28. The van der Waals surface area contributed by atoms with Gasteiger partial charge in [-0.2, -0.15) is 13.2 Å². The largest absolute Gasteiger partial charge is 0.450 e. The van der Waals surface area contributed by atoms with Crippen molar-refractivity contribution in [3.8, 4) is 0 Å². The maximum atomic E-state index is 12.5. The van der Waals surface area contributed by atoms with Gasteiger partial charge in [-0.05, 0) is 30.7 Å². The summed E-state index contributed by atoms with van der Waals surface area (Å²) in [6.45, 7) is 1.67. The molecule has 0 aliphatic rings. The van der Waals surface area contributed by atoms with E-state index in [1.807, 2.05) is 0 Å². The van der Waals surface area contributed by atoms with Crippen LogP contribution in [0.5, 0.6) is 0 Å². The predicted molar refractivity (Wildman–Crippen MR) is 60.0 cm³/mol. The van der Waals surface area contributed by atoms with E-state index in [1.54, 1.807) is 6.92 Å². The molecular weight excluding hydrogens is 249 g/mol. The fourth-order valence-electron chi connectivity index (χ4n) is 1.34. The van der Waals surface area contributed by atoms with E-state index in [1.165, 1.54) is 0 Å². The van der Waals surface area contributed by atoms with Gasteiger partial charge in [0.15, 0.2) is 0 Å². The van der Waals surface area contributed by atoms with Crippen molar-refractivity contribution in [1.82, 2.24) is 0 Å². The number of nitrogens with two attached hydrogens (primary N) is 1. The fourth-order valence-corrected chi connectivity index (χ4v) is 1.34. The molecule has 0 bridgehead atoms. The summed E-state index contributed by atoms with van der Waals surface area (Å²) in [5.74, 6) is 0. The molecule has 3 N–H and O–H groups in total. The molecule has 1 rings (SSSR count). The molecule has 7 heteroatoms. The SMILES string of the molecule is CCOC(=O)Nc1ccc(C(F)(F)F)cc1CN. The van der Waals surface area contributed by atoms with Crippen LogP contribution in [-0.4, -0.2) is 12.7 Å². The van der Waals surface area contributed by atoms with E-state index < -0.39 is 17.8 Å². The van der Waals surface area contributed by atoms with Crippen LogP contribution in [0.2, 0.25) is 0 Å². The zero-order chi connectivity index (χ0) is 13.8. The van der Waals surface area contributed by atoms with E-state index in [9.17, 15) is 18.0 Å². The molecule has 1 aromatic carbocycles. The molecule has 0 spiro atoms. The Morgan fingerprint density at radius 1 is 1.44 bits per heavy atom. The summed E-state index contributed by atoms with van der Waals surface area (Å²) in [5, 5.41) is 2.33. The number of alkyl halides is 3. The van der Waals surface area contributed by atoms with Crippen LogP contribution in [0.3, 0.4) is 0 Å². The summed E-state index contributed by atoms with van der Waals surface area (Å²) >= 11 is 0. The van der Waals surface area contributed by atoms with Crippen LogP contribution < -0.4 is 11.1 Å². The van der Waals surface area contributed by atoms with Crippen LogP contribution in [0.4, 0.5) is 23.7 Å². The number of benzene rings is 1. The minimum atomic E-state index is -4.44. The molecule has 4 nitrogen and oxygen atoms in total. The van der Waals surface area contributed by atoms with Gasteiger partial charge in [0.25, 0.3) is 0 Å². The van der Waals surface area contributed by atoms with Crippen molar-refractivity contribution in [2.75, 3.05) is 11.9 Å². The number of hydrogen-bond acceptors (Lipinski definition) is 3. The second-order valence-corrected chi connectivity index (χ2v) is 3.42. The van der Waals surface area contributed by atoms with Crippen molar-refractivity contribution in [3.05, 3.63) is 29.3 Å². The zero-order valence-electron chi connectivity index (χ0n) is 9.67. The molecule has 0 aliphatic carbocycles. The maximum Gasteiger partial charge on any atom is 0.416 e. The third-order valence-corrected chi connectivity index (χ3v) is 2.16. The van der Waals surface area contributed by atoms with Gasteiger partial charge >= 0.3 is 12.3 Å². The highest BCUT2D eigenvalue weighted by molar-refractivity contribution is 5.85. The van der Waals surface area contributed by atoms with E-state index in [-0.39, 0.29) is 24.4 Å². The molecule has 100 valence electrons. The van der Waals surface area contributed by atoms with Crippen LogP contribution in [0.15, 0.2) is 18.2 Å². The van der Waals surface area contributed by atoms with Crippen molar-refractivity contribution in [1.29, 1.82) is 0 Å². The number of hydrogen-bond donors (Lipinski definition) is 2. The first-order valence-electron chi connectivity index (χ1n) is 5.22. The van der Waals surface area contributed by atoms with Crippen LogP contribution in [0, 0.1) is 0 Å². The Bertz CT molecular complexity index is 433. The molecule has 0 saturated carbocycles. The molecule has 0 atom stereocenters. The number of carbonyl (C=O) groups excluding carboxylic acids is 1.